The molecule has 0 spiro atoms. The van der Waals surface area contributed by atoms with Crippen LogP contribution in [0.2, 0.25) is 0 Å². The summed E-state index contributed by atoms with van der Waals surface area (Å²) in [6.07, 6.45) is 7.06. The van der Waals surface area contributed by atoms with E-state index in [-0.39, 0.29) is 6.61 Å². The monoisotopic (exact) mass is 207 g/mol. The summed E-state index contributed by atoms with van der Waals surface area (Å²) in [5.74, 6) is 0.635. The van der Waals surface area contributed by atoms with Crippen LogP contribution in [-0.4, -0.2) is 15.0 Å². The minimum absolute atomic E-state index is 0.240. The normalized spacial score (nSPS) is 20.4. The van der Waals surface area contributed by atoms with Crippen molar-refractivity contribution in [1.82, 2.24) is 0 Å². The SMILES string of the molecule is NS(=O)(=O)OCCC1CCCCC1. The van der Waals surface area contributed by atoms with Gasteiger partial charge in [0.15, 0.2) is 0 Å². The van der Waals surface area contributed by atoms with Crippen LogP contribution in [0, 0.1) is 5.92 Å². The molecule has 0 bridgehead atoms. The van der Waals surface area contributed by atoms with E-state index < -0.39 is 10.3 Å². The predicted octanol–water partition coefficient (Wildman–Crippen LogP) is 1.18. The number of nitrogens with two attached hydrogens (primary N) is 1. The van der Waals surface area contributed by atoms with Crippen LogP contribution in [0.3, 0.4) is 0 Å². The summed E-state index contributed by atoms with van der Waals surface area (Å²) in [6.45, 7) is 0.240. The largest absolute Gasteiger partial charge is 0.333 e. The molecule has 1 aliphatic carbocycles. The number of hydrogen-bond donors (Lipinski definition) is 1. The summed E-state index contributed by atoms with van der Waals surface area (Å²) < 4.78 is 25.3. The molecule has 0 heterocycles. The lowest BCUT2D eigenvalue weighted by Gasteiger charge is -2.20. The molecule has 1 aliphatic rings. The maximum absolute atomic E-state index is 10.4. The highest BCUT2D eigenvalue weighted by Gasteiger charge is 2.13. The van der Waals surface area contributed by atoms with Crippen LogP contribution in [0.5, 0.6) is 0 Å². The van der Waals surface area contributed by atoms with E-state index in [1.165, 1.54) is 32.1 Å². The molecule has 0 aromatic rings. The molecule has 2 N–H and O–H groups in total. The van der Waals surface area contributed by atoms with Crippen molar-refractivity contribution in [3.63, 3.8) is 0 Å². The van der Waals surface area contributed by atoms with Gasteiger partial charge >= 0.3 is 10.3 Å². The summed E-state index contributed by atoms with van der Waals surface area (Å²) in [6, 6.07) is 0. The lowest BCUT2D eigenvalue weighted by atomic mass is 9.87. The molecule has 78 valence electrons. The van der Waals surface area contributed by atoms with Crippen molar-refractivity contribution in [2.45, 2.75) is 38.5 Å². The van der Waals surface area contributed by atoms with Gasteiger partial charge in [-0.15, -0.1) is 0 Å². The van der Waals surface area contributed by atoms with Crippen LogP contribution in [0.15, 0.2) is 0 Å². The molecular formula is C8H17NO3S. The lowest BCUT2D eigenvalue weighted by Crippen LogP contribution is -2.18. The average Bonchev–Trinajstić information content (AvgIpc) is 2.04. The van der Waals surface area contributed by atoms with Gasteiger partial charge in [0.25, 0.3) is 0 Å². The highest BCUT2D eigenvalue weighted by atomic mass is 32.2. The number of rotatable bonds is 4. The molecule has 0 aromatic carbocycles. The zero-order chi connectivity index (χ0) is 9.73. The maximum atomic E-state index is 10.4. The second-order valence-corrected chi connectivity index (χ2v) is 4.83. The first-order chi connectivity index (χ1) is 6.08. The van der Waals surface area contributed by atoms with Gasteiger partial charge in [0.2, 0.25) is 0 Å². The van der Waals surface area contributed by atoms with E-state index in [1.54, 1.807) is 0 Å². The Kier molecular flexibility index (Phi) is 4.15. The van der Waals surface area contributed by atoms with Gasteiger partial charge in [0.1, 0.15) is 0 Å². The first-order valence-electron chi connectivity index (χ1n) is 4.75. The topological polar surface area (TPSA) is 69.4 Å². The molecule has 4 nitrogen and oxygen atoms in total. The summed E-state index contributed by atoms with van der Waals surface area (Å²) in [7, 11) is -3.72. The third-order valence-corrected chi connectivity index (χ3v) is 2.99. The van der Waals surface area contributed by atoms with Gasteiger partial charge in [-0.25, -0.2) is 5.14 Å². The summed E-state index contributed by atoms with van der Waals surface area (Å²) in [5, 5.41) is 4.70. The van der Waals surface area contributed by atoms with Crippen molar-refractivity contribution in [1.29, 1.82) is 0 Å². The molecule has 0 aliphatic heterocycles. The van der Waals surface area contributed by atoms with E-state index in [1.807, 2.05) is 0 Å². The molecule has 1 saturated carbocycles. The fourth-order valence-electron chi connectivity index (χ4n) is 1.81. The van der Waals surface area contributed by atoms with Crippen molar-refractivity contribution < 1.29 is 12.6 Å². The third-order valence-electron chi connectivity index (χ3n) is 2.50. The second kappa shape index (κ2) is 4.93. The van der Waals surface area contributed by atoms with E-state index in [9.17, 15) is 8.42 Å². The maximum Gasteiger partial charge on any atom is 0.333 e. The van der Waals surface area contributed by atoms with E-state index in [4.69, 9.17) is 5.14 Å². The molecule has 0 saturated heterocycles. The highest BCUT2D eigenvalue weighted by molar-refractivity contribution is 7.84. The van der Waals surface area contributed by atoms with Crippen LogP contribution in [0.25, 0.3) is 0 Å². The minimum atomic E-state index is -3.72. The Morgan fingerprint density at radius 1 is 1.23 bits per heavy atom. The summed E-state index contributed by atoms with van der Waals surface area (Å²) >= 11 is 0. The van der Waals surface area contributed by atoms with Crippen LogP contribution in [0.1, 0.15) is 38.5 Å². The van der Waals surface area contributed by atoms with Gasteiger partial charge < -0.3 is 0 Å². The van der Waals surface area contributed by atoms with E-state index >= 15 is 0 Å². The quantitative estimate of drug-likeness (QED) is 0.752. The fraction of sp³-hybridized carbons (Fsp3) is 1.00. The molecule has 0 radical (unpaired) electrons. The molecule has 5 heteroatoms. The Morgan fingerprint density at radius 3 is 2.38 bits per heavy atom. The first-order valence-corrected chi connectivity index (χ1v) is 6.22. The van der Waals surface area contributed by atoms with E-state index in [0.717, 1.165) is 6.42 Å². The average molecular weight is 207 g/mol. The van der Waals surface area contributed by atoms with E-state index in [2.05, 4.69) is 4.18 Å². The zero-order valence-corrected chi connectivity index (χ0v) is 8.55. The molecule has 0 atom stereocenters. The van der Waals surface area contributed by atoms with Crippen molar-refractivity contribution in [3.8, 4) is 0 Å². The Hall–Kier alpha value is -0.130. The van der Waals surface area contributed by atoms with Gasteiger partial charge in [-0.2, -0.15) is 8.42 Å². The van der Waals surface area contributed by atoms with Crippen molar-refractivity contribution in [2.75, 3.05) is 6.61 Å². The molecule has 1 rings (SSSR count). The van der Waals surface area contributed by atoms with Crippen LogP contribution in [-0.2, 0) is 14.5 Å². The van der Waals surface area contributed by atoms with E-state index in [0.29, 0.717) is 5.92 Å². The van der Waals surface area contributed by atoms with Crippen molar-refractivity contribution in [2.24, 2.45) is 11.1 Å². The lowest BCUT2D eigenvalue weighted by molar-refractivity contribution is 0.250. The first kappa shape index (κ1) is 10.9. The van der Waals surface area contributed by atoms with Crippen LogP contribution >= 0.6 is 0 Å². The molecule has 0 aromatic heterocycles. The Balaban J connectivity index is 2.11. The zero-order valence-electron chi connectivity index (χ0n) is 7.74. The predicted molar refractivity (Wildman–Crippen MR) is 50.3 cm³/mol. The summed E-state index contributed by atoms with van der Waals surface area (Å²) in [5.41, 5.74) is 0. The highest BCUT2D eigenvalue weighted by Crippen LogP contribution is 2.26. The smallest absolute Gasteiger partial charge is 0.258 e. The Bertz CT molecular complexity index is 232. The van der Waals surface area contributed by atoms with Gasteiger partial charge in [-0.05, 0) is 12.3 Å². The Labute approximate surface area is 79.7 Å². The molecule has 0 unspecified atom stereocenters. The second-order valence-electron chi connectivity index (χ2n) is 3.61. The standard InChI is InChI=1S/C8H17NO3S/c9-13(10,11)12-7-6-8-4-2-1-3-5-8/h8H,1-7H2,(H2,9,10,11). The molecule has 13 heavy (non-hydrogen) atoms. The van der Waals surface area contributed by atoms with Crippen molar-refractivity contribution >= 4 is 10.3 Å². The minimum Gasteiger partial charge on any atom is -0.258 e. The van der Waals surface area contributed by atoms with Crippen molar-refractivity contribution in [3.05, 3.63) is 0 Å². The molecule has 1 fully saturated rings. The van der Waals surface area contributed by atoms with Gasteiger partial charge in [-0.1, -0.05) is 32.1 Å². The van der Waals surface area contributed by atoms with Gasteiger partial charge in [-0.3, -0.25) is 4.18 Å². The summed E-state index contributed by atoms with van der Waals surface area (Å²) in [4.78, 5) is 0. The van der Waals surface area contributed by atoms with Gasteiger partial charge in [0, 0.05) is 0 Å². The molecular weight excluding hydrogens is 190 g/mol. The van der Waals surface area contributed by atoms with Crippen LogP contribution < -0.4 is 5.14 Å². The third kappa shape index (κ3) is 5.23. The fourth-order valence-corrected chi connectivity index (χ4v) is 2.14. The Morgan fingerprint density at radius 2 is 1.85 bits per heavy atom. The van der Waals surface area contributed by atoms with Crippen LogP contribution in [0.4, 0.5) is 0 Å². The number of hydrogen-bond acceptors (Lipinski definition) is 3. The van der Waals surface area contributed by atoms with Gasteiger partial charge in [0.05, 0.1) is 6.61 Å². The molecule has 0 amide bonds.